The lowest BCUT2D eigenvalue weighted by Crippen LogP contribution is -2.34. The van der Waals surface area contributed by atoms with E-state index in [0.29, 0.717) is 0 Å². The van der Waals surface area contributed by atoms with Crippen LogP contribution >= 0.6 is 0 Å². The van der Waals surface area contributed by atoms with E-state index in [0.717, 1.165) is 17.9 Å². The molecule has 3 heteroatoms. The first-order chi connectivity index (χ1) is 9.25. The number of hydrogen-bond donors (Lipinski definition) is 0. The predicted octanol–water partition coefficient (Wildman–Crippen LogP) is 3.36. The fourth-order valence-electron chi connectivity index (χ4n) is 2.62. The molecule has 1 fully saturated rings. The summed E-state index contributed by atoms with van der Waals surface area (Å²) in [5, 5.41) is 0. The summed E-state index contributed by atoms with van der Waals surface area (Å²) in [7, 11) is 0. The number of aryl methyl sites for hydroxylation is 2. The third-order valence-electron chi connectivity index (χ3n) is 3.60. The van der Waals surface area contributed by atoms with Gasteiger partial charge in [0.2, 0.25) is 0 Å². The van der Waals surface area contributed by atoms with Gasteiger partial charge in [-0.1, -0.05) is 12.5 Å². The van der Waals surface area contributed by atoms with Gasteiger partial charge in [-0.25, -0.2) is 0 Å². The van der Waals surface area contributed by atoms with Gasteiger partial charge in [-0.2, -0.15) is 0 Å². The maximum Gasteiger partial charge on any atom is 0.0988 e. The van der Waals surface area contributed by atoms with Gasteiger partial charge < -0.3 is 4.90 Å². The summed E-state index contributed by atoms with van der Waals surface area (Å²) < 4.78 is 0. The number of fused-ring (bicyclic) bond motifs is 1. The highest BCUT2D eigenvalue weighted by atomic mass is 15.2. The SMILES string of the molecule is C1CCC2=NCCCN2CC1.Cc1cccc(C)n1. The summed E-state index contributed by atoms with van der Waals surface area (Å²) in [6.45, 7) is 7.59. The van der Waals surface area contributed by atoms with Crippen molar-refractivity contribution in [3.05, 3.63) is 29.6 Å². The lowest BCUT2D eigenvalue weighted by Gasteiger charge is -2.27. The van der Waals surface area contributed by atoms with Gasteiger partial charge in [0.15, 0.2) is 0 Å². The summed E-state index contributed by atoms with van der Waals surface area (Å²) in [5.41, 5.74) is 2.18. The molecular weight excluding hydrogens is 234 g/mol. The first-order valence-corrected chi connectivity index (χ1v) is 7.44. The van der Waals surface area contributed by atoms with Gasteiger partial charge in [-0.15, -0.1) is 0 Å². The molecular formula is C16H25N3. The summed E-state index contributed by atoms with van der Waals surface area (Å²) in [4.78, 5) is 11.2. The Morgan fingerprint density at radius 3 is 2.37 bits per heavy atom. The van der Waals surface area contributed by atoms with Gasteiger partial charge in [0, 0.05) is 37.4 Å². The Bertz CT molecular complexity index is 409. The molecule has 2 aliphatic rings. The second kappa shape index (κ2) is 7.27. The highest BCUT2D eigenvalue weighted by Crippen LogP contribution is 2.15. The molecule has 0 spiro atoms. The zero-order valence-corrected chi connectivity index (χ0v) is 12.2. The molecule has 1 aromatic rings. The van der Waals surface area contributed by atoms with Crippen molar-refractivity contribution in [2.45, 2.75) is 46.0 Å². The normalized spacial score (nSPS) is 18.6. The summed E-state index contributed by atoms with van der Waals surface area (Å²) in [6, 6.07) is 6.00. The van der Waals surface area contributed by atoms with Crippen LogP contribution in [0.25, 0.3) is 0 Å². The molecule has 19 heavy (non-hydrogen) atoms. The first kappa shape index (κ1) is 14.0. The number of aromatic nitrogens is 1. The van der Waals surface area contributed by atoms with Gasteiger partial charge in [-0.3, -0.25) is 9.98 Å². The number of amidine groups is 1. The molecule has 0 aliphatic carbocycles. The van der Waals surface area contributed by atoms with E-state index < -0.39 is 0 Å². The lowest BCUT2D eigenvalue weighted by molar-refractivity contribution is 0.391. The lowest BCUT2D eigenvalue weighted by atomic mass is 10.2. The maximum atomic E-state index is 4.55. The quantitative estimate of drug-likeness (QED) is 0.714. The van der Waals surface area contributed by atoms with Gasteiger partial charge >= 0.3 is 0 Å². The Kier molecular flexibility index (Phi) is 5.37. The van der Waals surface area contributed by atoms with Crippen molar-refractivity contribution in [1.29, 1.82) is 0 Å². The van der Waals surface area contributed by atoms with Crippen molar-refractivity contribution < 1.29 is 0 Å². The fourth-order valence-corrected chi connectivity index (χ4v) is 2.62. The molecule has 0 bridgehead atoms. The Labute approximate surface area is 116 Å². The van der Waals surface area contributed by atoms with Crippen LogP contribution in [0.15, 0.2) is 23.2 Å². The van der Waals surface area contributed by atoms with E-state index in [-0.39, 0.29) is 0 Å². The van der Waals surface area contributed by atoms with E-state index in [4.69, 9.17) is 0 Å². The summed E-state index contributed by atoms with van der Waals surface area (Å²) in [6.07, 6.45) is 6.63. The summed E-state index contributed by atoms with van der Waals surface area (Å²) in [5.74, 6) is 1.40. The van der Waals surface area contributed by atoms with Crippen LogP contribution in [0.5, 0.6) is 0 Å². The average molecular weight is 259 g/mol. The van der Waals surface area contributed by atoms with Crippen LogP contribution in [0.2, 0.25) is 0 Å². The second-order valence-electron chi connectivity index (χ2n) is 5.37. The monoisotopic (exact) mass is 259 g/mol. The van der Waals surface area contributed by atoms with Crippen molar-refractivity contribution in [3.8, 4) is 0 Å². The minimum atomic E-state index is 1.08. The number of pyridine rings is 1. The number of aliphatic imine (C=N–C) groups is 1. The van der Waals surface area contributed by atoms with Crippen LogP contribution in [-0.4, -0.2) is 35.4 Å². The van der Waals surface area contributed by atoms with Crippen LogP contribution in [0.3, 0.4) is 0 Å². The molecule has 3 rings (SSSR count). The standard InChI is InChI=1S/C9H16N2.C7H9N/c1-2-5-9-10-6-4-8-11(9)7-3-1;1-6-4-3-5-7(2)8-6/h1-8H2;3-5H,1-2H3. The van der Waals surface area contributed by atoms with Gasteiger partial charge in [0.25, 0.3) is 0 Å². The largest absolute Gasteiger partial charge is 0.360 e. The minimum Gasteiger partial charge on any atom is -0.360 e. The highest BCUT2D eigenvalue weighted by molar-refractivity contribution is 5.83. The predicted molar refractivity (Wildman–Crippen MR) is 80.7 cm³/mol. The molecule has 3 nitrogen and oxygen atoms in total. The van der Waals surface area contributed by atoms with Crippen LogP contribution < -0.4 is 0 Å². The minimum absolute atomic E-state index is 1.08. The average Bonchev–Trinajstić information content (AvgIpc) is 2.64. The second-order valence-corrected chi connectivity index (χ2v) is 5.37. The van der Waals surface area contributed by atoms with E-state index in [1.54, 1.807) is 0 Å². The Morgan fingerprint density at radius 1 is 0.947 bits per heavy atom. The van der Waals surface area contributed by atoms with Crippen molar-refractivity contribution >= 4 is 5.84 Å². The Morgan fingerprint density at radius 2 is 1.68 bits per heavy atom. The molecule has 2 aliphatic heterocycles. The molecule has 0 aromatic carbocycles. The van der Waals surface area contributed by atoms with Crippen molar-refractivity contribution in [2.75, 3.05) is 19.6 Å². The molecule has 3 heterocycles. The Balaban J connectivity index is 0.000000148. The molecule has 0 unspecified atom stereocenters. The fraction of sp³-hybridized carbons (Fsp3) is 0.625. The molecule has 0 amide bonds. The van der Waals surface area contributed by atoms with E-state index in [9.17, 15) is 0 Å². The smallest absolute Gasteiger partial charge is 0.0988 e. The highest BCUT2D eigenvalue weighted by Gasteiger charge is 2.16. The van der Waals surface area contributed by atoms with Gasteiger partial charge in [0.1, 0.15) is 0 Å². The molecule has 0 N–H and O–H groups in total. The van der Waals surface area contributed by atoms with Crippen molar-refractivity contribution in [1.82, 2.24) is 9.88 Å². The van der Waals surface area contributed by atoms with Crippen LogP contribution in [0.4, 0.5) is 0 Å². The van der Waals surface area contributed by atoms with E-state index >= 15 is 0 Å². The molecule has 1 aromatic heterocycles. The molecule has 0 saturated carbocycles. The third kappa shape index (κ3) is 4.66. The van der Waals surface area contributed by atoms with Crippen LogP contribution in [-0.2, 0) is 0 Å². The molecule has 1 saturated heterocycles. The van der Waals surface area contributed by atoms with Crippen molar-refractivity contribution in [3.63, 3.8) is 0 Å². The van der Waals surface area contributed by atoms with Crippen LogP contribution in [0.1, 0.15) is 43.5 Å². The first-order valence-electron chi connectivity index (χ1n) is 7.44. The van der Waals surface area contributed by atoms with Gasteiger partial charge in [-0.05, 0) is 45.2 Å². The topological polar surface area (TPSA) is 28.5 Å². The number of nitrogens with zero attached hydrogens (tertiary/aromatic N) is 3. The molecule has 0 radical (unpaired) electrons. The Hall–Kier alpha value is -1.38. The van der Waals surface area contributed by atoms with E-state index in [1.807, 2.05) is 32.0 Å². The third-order valence-corrected chi connectivity index (χ3v) is 3.60. The summed E-state index contributed by atoms with van der Waals surface area (Å²) >= 11 is 0. The van der Waals surface area contributed by atoms with E-state index in [1.165, 1.54) is 51.0 Å². The van der Waals surface area contributed by atoms with E-state index in [2.05, 4.69) is 14.9 Å². The van der Waals surface area contributed by atoms with Gasteiger partial charge in [0.05, 0.1) is 5.84 Å². The maximum absolute atomic E-state index is 4.55. The zero-order valence-electron chi connectivity index (χ0n) is 12.2. The zero-order chi connectivity index (χ0) is 13.5. The number of hydrogen-bond acceptors (Lipinski definition) is 3. The van der Waals surface area contributed by atoms with Crippen molar-refractivity contribution in [2.24, 2.45) is 4.99 Å². The molecule has 0 atom stereocenters. The number of rotatable bonds is 0. The van der Waals surface area contributed by atoms with Crippen LogP contribution in [0, 0.1) is 13.8 Å². The molecule has 104 valence electrons.